The Morgan fingerprint density at radius 3 is 2.73 bits per heavy atom. The van der Waals surface area contributed by atoms with Crippen LogP contribution in [-0.4, -0.2) is 16.2 Å². The SMILES string of the molecule is CC(Cc1cc(CO)ccc1F)C(=O)O. The first-order chi connectivity index (χ1) is 7.04. The maximum Gasteiger partial charge on any atom is 0.306 e. The van der Waals surface area contributed by atoms with Gasteiger partial charge >= 0.3 is 5.97 Å². The van der Waals surface area contributed by atoms with E-state index in [0.717, 1.165) is 0 Å². The normalized spacial score (nSPS) is 12.5. The third-order valence-electron chi connectivity index (χ3n) is 2.24. The second kappa shape index (κ2) is 4.89. The molecule has 4 heteroatoms. The third kappa shape index (κ3) is 3.02. The zero-order valence-corrected chi connectivity index (χ0v) is 8.40. The van der Waals surface area contributed by atoms with E-state index in [9.17, 15) is 9.18 Å². The lowest BCUT2D eigenvalue weighted by Gasteiger charge is -2.08. The van der Waals surface area contributed by atoms with Crippen molar-refractivity contribution >= 4 is 5.97 Å². The fourth-order valence-corrected chi connectivity index (χ4v) is 1.30. The maximum absolute atomic E-state index is 13.3. The average Bonchev–Trinajstić information content (AvgIpc) is 2.21. The average molecular weight is 212 g/mol. The highest BCUT2D eigenvalue weighted by Gasteiger charge is 2.14. The van der Waals surface area contributed by atoms with Crippen LogP contribution < -0.4 is 0 Å². The van der Waals surface area contributed by atoms with Gasteiger partial charge in [0.25, 0.3) is 0 Å². The highest BCUT2D eigenvalue weighted by atomic mass is 19.1. The monoisotopic (exact) mass is 212 g/mol. The Labute approximate surface area is 87.2 Å². The summed E-state index contributed by atoms with van der Waals surface area (Å²) < 4.78 is 13.3. The summed E-state index contributed by atoms with van der Waals surface area (Å²) in [6.07, 6.45) is 0.134. The van der Waals surface area contributed by atoms with Gasteiger partial charge in [-0.3, -0.25) is 4.79 Å². The number of hydrogen-bond acceptors (Lipinski definition) is 2. The Hall–Kier alpha value is -1.42. The van der Waals surface area contributed by atoms with Crippen molar-refractivity contribution in [1.29, 1.82) is 0 Å². The summed E-state index contributed by atoms with van der Waals surface area (Å²) in [6.45, 7) is 1.35. The van der Waals surface area contributed by atoms with E-state index >= 15 is 0 Å². The molecule has 0 aliphatic heterocycles. The van der Waals surface area contributed by atoms with Gasteiger partial charge in [-0.1, -0.05) is 19.1 Å². The summed E-state index contributed by atoms with van der Waals surface area (Å²) in [4.78, 5) is 10.6. The second-order valence-electron chi connectivity index (χ2n) is 3.53. The van der Waals surface area contributed by atoms with Crippen molar-refractivity contribution in [2.75, 3.05) is 0 Å². The van der Waals surface area contributed by atoms with Crippen LogP contribution in [0.1, 0.15) is 18.1 Å². The summed E-state index contributed by atoms with van der Waals surface area (Å²) in [6, 6.07) is 4.22. The number of rotatable bonds is 4. The molecular weight excluding hydrogens is 199 g/mol. The first-order valence-electron chi connectivity index (χ1n) is 4.65. The van der Waals surface area contributed by atoms with E-state index in [1.165, 1.54) is 25.1 Å². The number of aliphatic hydroxyl groups excluding tert-OH is 1. The van der Waals surface area contributed by atoms with Crippen molar-refractivity contribution in [3.8, 4) is 0 Å². The standard InChI is InChI=1S/C11H13FO3/c1-7(11(14)15)4-9-5-8(6-13)2-3-10(9)12/h2-3,5,7,13H,4,6H2,1H3,(H,14,15). The van der Waals surface area contributed by atoms with Crippen LogP contribution >= 0.6 is 0 Å². The molecule has 0 saturated carbocycles. The lowest BCUT2D eigenvalue weighted by atomic mass is 9.99. The van der Waals surface area contributed by atoms with Crippen LogP contribution in [0.3, 0.4) is 0 Å². The quantitative estimate of drug-likeness (QED) is 0.796. The van der Waals surface area contributed by atoms with Crippen LogP contribution in [0.15, 0.2) is 18.2 Å². The van der Waals surface area contributed by atoms with Gasteiger partial charge in [0.2, 0.25) is 0 Å². The van der Waals surface area contributed by atoms with Gasteiger partial charge in [-0.15, -0.1) is 0 Å². The molecule has 0 fully saturated rings. The molecule has 0 heterocycles. The summed E-state index contributed by atoms with van der Waals surface area (Å²) >= 11 is 0. The molecule has 0 aliphatic rings. The Bertz CT molecular complexity index is 363. The van der Waals surface area contributed by atoms with E-state index in [2.05, 4.69) is 0 Å². The molecule has 15 heavy (non-hydrogen) atoms. The molecule has 3 nitrogen and oxygen atoms in total. The second-order valence-corrected chi connectivity index (χ2v) is 3.53. The minimum absolute atomic E-state index is 0.134. The summed E-state index contributed by atoms with van der Waals surface area (Å²) in [5.74, 6) is -2.02. The fraction of sp³-hybridized carbons (Fsp3) is 0.364. The Morgan fingerprint density at radius 2 is 2.20 bits per heavy atom. The Balaban J connectivity index is 2.88. The molecule has 1 aromatic rings. The van der Waals surface area contributed by atoms with Crippen molar-refractivity contribution in [3.05, 3.63) is 35.1 Å². The topological polar surface area (TPSA) is 57.5 Å². The highest BCUT2D eigenvalue weighted by molar-refractivity contribution is 5.69. The van der Waals surface area contributed by atoms with Crippen LogP contribution in [0.2, 0.25) is 0 Å². The van der Waals surface area contributed by atoms with Crippen LogP contribution in [0.25, 0.3) is 0 Å². The summed E-state index contributed by atoms with van der Waals surface area (Å²) in [7, 11) is 0. The van der Waals surface area contributed by atoms with Crippen molar-refractivity contribution in [2.24, 2.45) is 5.92 Å². The van der Waals surface area contributed by atoms with Crippen molar-refractivity contribution < 1.29 is 19.4 Å². The van der Waals surface area contributed by atoms with Gasteiger partial charge < -0.3 is 10.2 Å². The molecule has 1 rings (SSSR count). The van der Waals surface area contributed by atoms with Crippen LogP contribution in [0.4, 0.5) is 4.39 Å². The van der Waals surface area contributed by atoms with E-state index in [1.807, 2.05) is 0 Å². The largest absolute Gasteiger partial charge is 0.481 e. The van der Waals surface area contributed by atoms with Gasteiger partial charge in [-0.2, -0.15) is 0 Å². The van der Waals surface area contributed by atoms with Gasteiger partial charge in [0.05, 0.1) is 12.5 Å². The maximum atomic E-state index is 13.3. The molecule has 82 valence electrons. The smallest absolute Gasteiger partial charge is 0.306 e. The van der Waals surface area contributed by atoms with Crippen molar-refractivity contribution in [1.82, 2.24) is 0 Å². The lowest BCUT2D eigenvalue weighted by molar-refractivity contribution is -0.141. The summed E-state index contributed by atoms with van der Waals surface area (Å²) in [5.41, 5.74) is 0.917. The Morgan fingerprint density at radius 1 is 1.53 bits per heavy atom. The molecule has 1 aromatic carbocycles. The van der Waals surface area contributed by atoms with Gasteiger partial charge in [0, 0.05) is 0 Å². The molecule has 2 N–H and O–H groups in total. The number of benzene rings is 1. The minimum Gasteiger partial charge on any atom is -0.481 e. The number of aliphatic hydroxyl groups is 1. The molecule has 0 aliphatic carbocycles. The molecule has 0 saturated heterocycles. The van der Waals surface area contributed by atoms with E-state index in [0.29, 0.717) is 11.1 Å². The number of aliphatic carboxylic acids is 1. The highest BCUT2D eigenvalue weighted by Crippen LogP contribution is 2.15. The third-order valence-corrected chi connectivity index (χ3v) is 2.24. The van der Waals surface area contributed by atoms with Crippen LogP contribution in [-0.2, 0) is 17.8 Å². The minimum atomic E-state index is -0.955. The number of carbonyl (C=O) groups is 1. The molecule has 1 unspecified atom stereocenters. The van der Waals surface area contributed by atoms with Gasteiger partial charge in [-0.25, -0.2) is 4.39 Å². The molecule has 0 radical (unpaired) electrons. The predicted octanol–water partition coefficient (Wildman–Crippen LogP) is 1.58. The lowest BCUT2D eigenvalue weighted by Crippen LogP contribution is -2.13. The molecule has 1 atom stereocenters. The van der Waals surface area contributed by atoms with E-state index < -0.39 is 17.7 Å². The fourth-order valence-electron chi connectivity index (χ4n) is 1.30. The van der Waals surface area contributed by atoms with Gasteiger partial charge in [0.15, 0.2) is 0 Å². The number of carboxylic acid groups (broad SMARTS) is 1. The zero-order valence-electron chi connectivity index (χ0n) is 8.40. The first-order valence-corrected chi connectivity index (χ1v) is 4.65. The number of carboxylic acids is 1. The molecule has 0 amide bonds. The van der Waals surface area contributed by atoms with E-state index in [4.69, 9.17) is 10.2 Å². The number of halogens is 1. The van der Waals surface area contributed by atoms with Crippen molar-refractivity contribution in [2.45, 2.75) is 20.0 Å². The first kappa shape index (κ1) is 11.7. The van der Waals surface area contributed by atoms with Gasteiger partial charge in [-0.05, 0) is 23.6 Å². The van der Waals surface area contributed by atoms with E-state index in [-0.39, 0.29) is 13.0 Å². The molecule has 0 bridgehead atoms. The molecule has 0 aromatic heterocycles. The number of hydrogen-bond donors (Lipinski definition) is 2. The van der Waals surface area contributed by atoms with Gasteiger partial charge in [0.1, 0.15) is 5.82 Å². The zero-order chi connectivity index (χ0) is 11.4. The Kier molecular flexibility index (Phi) is 3.80. The van der Waals surface area contributed by atoms with Crippen LogP contribution in [0, 0.1) is 11.7 Å². The molecule has 0 spiro atoms. The predicted molar refractivity (Wildman–Crippen MR) is 52.8 cm³/mol. The summed E-state index contributed by atoms with van der Waals surface area (Å²) in [5, 5.41) is 17.5. The molecular formula is C11H13FO3. The van der Waals surface area contributed by atoms with Crippen molar-refractivity contribution in [3.63, 3.8) is 0 Å². The van der Waals surface area contributed by atoms with Crippen LogP contribution in [0.5, 0.6) is 0 Å². The van der Waals surface area contributed by atoms with E-state index in [1.54, 1.807) is 0 Å².